The molecule has 0 saturated carbocycles. The monoisotopic (exact) mass is 301 g/mol. The molecule has 2 rings (SSSR count). The van der Waals surface area contributed by atoms with Gasteiger partial charge in [-0.15, -0.1) is 0 Å². The minimum Gasteiger partial charge on any atom is -0.493 e. The molecule has 2 aromatic rings. The van der Waals surface area contributed by atoms with Gasteiger partial charge >= 0.3 is 0 Å². The Bertz CT molecular complexity index is 637. The molecule has 22 heavy (non-hydrogen) atoms. The van der Waals surface area contributed by atoms with Gasteiger partial charge in [0.25, 0.3) is 0 Å². The smallest absolute Gasteiger partial charge is 0.228 e. The Hall–Kier alpha value is -2.63. The van der Waals surface area contributed by atoms with Gasteiger partial charge in [-0.05, 0) is 18.4 Å². The molecule has 116 valence electrons. The fourth-order valence-electron chi connectivity index (χ4n) is 2.14. The largest absolute Gasteiger partial charge is 0.493 e. The zero-order valence-corrected chi connectivity index (χ0v) is 12.4. The summed E-state index contributed by atoms with van der Waals surface area (Å²) in [5.41, 5.74) is 1.12. The van der Waals surface area contributed by atoms with E-state index in [0.29, 0.717) is 18.7 Å². The molecule has 0 aliphatic carbocycles. The SMILES string of the molecule is Cn1c(O)cnc1CC(=O)N[C@H](C=O)CCc1ccccc1. The van der Waals surface area contributed by atoms with E-state index in [2.05, 4.69) is 10.3 Å². The standard InChI is InChI=1S/C16H19N3O3/c1-19-14(17-10-16(19)22)9-15(21)18-13(11-20)8-7-12-5-3-2-4-6-12/h2-6,10-11,13,22H,7-9H2,1H3,(H,18,21)/t13-/m0/s1. The number of aryl methyl sites for hydroxylation is 1. The number of aromatic nitrogens is 2. The highest BCUT2D eigenvalue weighted by Crippen LogP contribution is 2.09. The van der Waals surface area contributed by atoms with Gasteiger partial charge in [0.05, 0.1) is 18.7 Å². The Morgan fingerprint density at radius 2 is 2.14 bits per heavy atom. The van der Waals surface area contributed by atoms with Crippen LogP contribution in [0.3, 0.4) is 0 Å². The Balaban J connectivity index is 1.85. The van der Waals surface area contributed by atoms with Crippen LogP contribution < -0.4 is 5.32 Å². The van der Waals surface area contributed by atoms with Crippen LogP contribution in [0.5, 0.6) is 5.88 Å². The molecule has 0 fully saturated rings. The maximum Gasteiger partial charge on any atom is 0.228 e. The zero-order chi connectivity index (χ0) is 15.9. The predicted molar refractivity (Wildman–Crippen MR) is 81.3 cm³/mol. The predicted octanol–water partition coefficient (Wildman–Crippen LogP) is 0.985. The van der Waals surface area contributed by atoms with Crippen molar-refractivity contribution in [3.63, 3.8) is 0 Å². The van der Waals surface area contributed by atoms with Crippen LogP contribution in [0, 0.1) is 0 Å². The molecule has 0 unspecified atom stereocenters. The van der Waals surface area contributed by atoms with E-state index in [1.807, 2.05) is 30.3 Å². The number of hydrogen-bond acceptors (Lipinski definition) is 4. The number of rotatable bonds is 7. The van der Waals surface area contributed by atoms with Crippen molar-refractivity contribution in [3.8, 4) is 5.88 Å². The van der Waals surface area contributed by atoms with Crippen molar-refractivity contribution in [3.05, 3.63) is 47.9 Å². The summed E-state index contributed by atoms with van der Waals surface area (Å²) in [6, 6.07) is 9.27. The highest BCUT2D eigenvalue weighted by molar-refractivity contribution is 5.81. The Morgan fingerprint density at radius 3 is 2.73 bits per heavy atom. The highest BCUT2D eigenvalue weighted by Gasteiger charge is 2.14. The fourth-order valence-corrected chi connectivity index (χ4v) is 2.14. The van der Waals surface area contributed by atoms with Gasteiger partial charge in [0, 0.05) is 7.05 Å². The quantitative estimate of drug-likeness (QED) is 0.747. The Kier molecular flexibility index (Phi) is 5.30. The van der Waals surface area contributed by atoms with E-state index in [-0.39, 0.29) is 18.2 Å². The van der Waals surface area contributed by atoms with Crippen LogP contribution in [0.2, 0.25) is 0 Å². The van der Waals surface area contributed by atoms with Crippen LogP contribution in [0.4, 0.5) is 0 Å². The van der Waals surface area contributed by atoms with Crippen LogP contribution in [0.1, 0.15) is 17.8 Å². The van der Waals surface area contributed by atoms with Crippen molar-refractivity contribution >= 4 is 12.2 Å². The molecule has 1 aromatic carbocycles. The highest BCUT2D eigenvalue weighted by atomic mass is 16.3. The first-order valence-corrected chi connectivity index (χ1v) is 7.08. The number of imidazole rings is 1. The maximum absolute atomic E-state index is 11.9. The van der Waals surface area contributed by atoms with E-state index >= 15 is 0 Å². The number of carbonyl (C=O) groups excluding carboxylic acids is 2. The Labute approximate surface area is 128 Å². The molecule has 1 amide bonds. The number of benzene rings is 1. The third-order valence-corrected chi connectivity index (χ3v) is 3.48. The molecule has 0 spiro atoms. The molecule has 6 heteroatoms. The van der Waals surface area contributed by atoms with Gasteiger partial charge in [-0.2, -0.15) is 0 Å². The second kappa shape index (κ2) is 7.40. The molecule has 1 heterocycles. The lowest BCUT2D eigenvalue weighted by molar-refractivity contribution is -0.123. The van der Waals surface area contributed by atoms with Crippen LogP contribution in [-0.4, -0.2) is 32.9 Å². The number of nitrogens with one attached hydrogen (secondary N) is 1. The lowest BCUT2D eigenvalue weighted by Crippen LogP contribution is -2.37. The number of nitrogens with zero attached hydrogens (tertiary/aromatic N) is 2. The van der Waals surface area contributed by atoms with E-state index in [9.17, 15) is 14.7 Å². The first-order chi connectivity index (χ1) is 10.6. The zero-order valence-electron chi connectivity index (χ0n) is 12.4. The van der Waals surface area contributed by atoms with E-state index in [0.717, 1.165) is 11.8 Å². The third kappa shape index (κ3) is 4.18. The molecular formula is C16H19N3O3. The molecule has 0 radical (unpaired) electrons. The summed E-state index contributed by atoms with van der Waals surface area (Å²) in [5, 5.41) is 12.1. The van der Waals surface area contributed by atoms with E-state index < -0.39 is 6.04 Å². The normalized spacial score (nSPS) is 11.9. The van der Waals surface area contributed by atoms with Gasteiger partial charge in [0.1, 0.15) is 12.1 Å². The van der Waals surface area contributed by atoms with Crippen molar-refractivity contribution < 1.29 is 14.7 Å². The third-order valence-electron chi connectivity index (χ3n) is 3.48. The summed E-state index contributed by atoms with van der Waals surface area (Å²) >= 11 is 0. The molecule has 0 aliphatic rings. The van der Waals surface area contributed by atoms with E-state index in [1.54, 1.807) is 7.05 Å². The van der Waals surface area contributed by atoms with Gasteiger partial charge in [-0.25, -0.2) is 4.98 Å². The van der Waals surface area contributed by atoms with Crippen LogP contribution in [0.15, 0.2) is 36.5 Å². The van der Waals surface area contributed by atoms with Gasteiger partial charge in [0.2, 0.25) is 11.8 Å². The molecule has 0 saturated heterocycles. The van der Waals surface area contributed by atoms with Crippen molar-refractivity contribution in [1.29, 1.82) is 0 Å². The van der Waals surface area contributed by atoms with Gasteiger partial charge in [-0.3, -0.25) is 4.79 Å². The minimum atomic E-state index is -0.526. The number of carbonyl (C=O) groups is 2. The topological polar surface area (TPSA) is 84.2 Å². The Morgan fingerprint density at radius 1 is 1.41 bits per heavy atom. The second-order valence-electron chi connectivity index (χ2n) is 5.10. The average Bonchev–Trinajstić information content (AvgIpc) is 2.84. The summed E-state index contributed by atoms with van der Waals surface area (Å²) < 4.78 is 1.43. The van der Waals surface area contributed by atoms with E-state index in [1.165, 1.54) is 10.8 Å². The van der Waals surface area contributed by atoms with Crippen molar-refractivity contribution in [1.82, 2.24) is 14.9 Å². The molecular weight excluding hydrogens is 282 g/mol. The number of amides is 1. The van der Waals surface area contributed by atoms with Gasteiger partial charge in [-0.1, -0.05) is 30.3 Å². The van der Waals surface area contributed by atoms with Crippen LogP contribution in [-0.2, 0) is 29.5 Å². The van der Waals surface area contributed by atoms with Gasteiger partial charge in [0.15, 0.2) is 0 Å². The van der Waals surface area contributed by atoms with Gasteiger partial charge < -0.3 is 19.8 Å². The number of aldehydes is 1. The molecule has 0 aliphatic heterocycles. The maximum atomic E-state index is 11.9. The summed E-state index contributed by atoms with van der Waals surface area (Å²) in [5.74, 6) is 0.153. The lowest BCUT2D eigenvalue weighted by atomic mass is 10.1. The summed E-state index contributed by atoms with van der Waals surface area (Å²) in [4.78, 5) is 27.0. The summed E-state index contributed by atoms with van der Waals surface area (Å²) in [6.07, 6.45) is 3.32. The first-order valence-electron chi connectivity index (χ1n) is 7.08. The molecule has 1 aromatic heterocycles. The summed E-state index contributed by atoms with van der Waals surface area (Å²) in [6.45, 7) is 0. The molecule has 0 bridgehead atoms. The van der Waals surface area contributed by atoms with Crippen molar-refractivity contribution in [2.75, 3.05) is 0 Å². The van der Waals surface area contributed by atoms with E-state index in [4.69, 9.17) is 0 Å². The fraction of sp³-hybridized carbons (Fsp3) is 0.312. The molecule has 2 N–H and O–H groups in total. The summed E-state index contributed by atoms with van der Waals surface area (Å²) in [7, 11) is 1.62. The van der Waals surface area contributed by atoms with Crippen molar-refractivity contribution in [2.45, 2.75) is 25.3 Å². The minimum absolute atomic E-state index is 0.00110. The number of hydrogen-bond donors (Lipinski definition) is 2. The lowest BCUT2D eigenvalue weighted by Gasteiger charge is -2.12. The number of aromatic hydroxyl groups is 1. The average molecular weight is 301 g/mol. The van der Waals surface area contributed by atoms with Crippen LogP contribution in [0.25, 0.3) is 0 Å². The second-order valence-corrected chi connectivity index (χ2v) is 5.10. The van der Waals surface area contributed by atoms with Crippen LogP contribution >= 0.6 is 0 Å². The molecule has 1 atom stereocenters. The van der Waals surface area contributed by atoms with Crippen molar-refractivity contribution in [2.24, 2.45) is 7.05 Å². The first kappa shape index (κ1) is 15.8. The molecule has 6 nitrogen and oxygen atoms in total.